The summed E-state index contributed by atoms with van der Waals surface area (Å²) in [5, 5.41) is 9.35. The largest absolute Gasteiger partial charge is 0.393 e. The third-order valence-corrected chi connectivity index (χ3v) is 5.08. The Labute approximate surface area is 117 Å². The molecule has 1 N–H and O–H groups in total. The number of Topliss-reactive ketones (excluding diaryl/α,β-unsaturated/α-hetero) is 1. The highest BCUT2D eigenvalue weighted by Gasteiger charge is 2.29. The molecule has 0 aliphatic carbocycles. The van der Waals surface area contributed by atoms with Gasteiger partial charge < -0.3 is 5.11 Å². The fourth-order valence-corrected chi connectivity index (χ4v) is 3.54. The van der Waals surface area contributed by atoms with Crippen LogP contribution in [0.15, 0.2) is 24.3 Å². The summed E-state index contributed by atoms with van der Waals surface area (Å²) < 4.78 is 38.2. The molecule has 2 rings (SSSR count). The fraction of sp³-hybridized carbons (Fsp3) is 0.462. The molecule has 7 heteroatoms. The van der Waals surface area contributed by atoms with Crippen LogP contribution in [0.1, 0.15) is 23.2 Å². The fourth-order valence-electron chi connectivity index (χ4n) is 2.10. The van der Waals surface area contributed by atoms with Gasteiger partial charge in [0.15, 0.2) is 5.78 Å². The van der Waals surface area contributed by atoms with Crippen molar-refractivity contribution in [2.75, 3.05) is 18.8 Å². The van der Waals surface area contributed by atoms with Gasteiger partial charge in [0.1, 0.15) is 11.6 Å². The number of halogens is 1. The van der Waals surface area contributed by atoms with E-state index in [1.807, 2.05) is 0 Å². The smallest absolute Gasteiger partial charge is 0.221 e. The highest BCUT2D eigenvalue weighted by Crippen LogP contribution is 2.15. The van der Waals surface area contributed by atoms with E-state index in [9.17, 15) is 22.7 Å². The number of nitrogens with zero attached hydrogens (tertiary/aromatic N) is 1. The summed E-state index contributed by atoms with van der Waals surface area (Å²) in [5.74, 6) is -1.67. The number of benzene rings is 1. The zero-order valence-corrected chi connectivity index (χ0v) is 11.6. The Balaban J connectivity index is 2.04. The first-order valence-electron chi connectivity index (χ1n) is 6.33. The molecule has 1 aromatic carbocycles. The van der Waals surface area contributed by atoms with E-state index in [1.165, 1.54) is 16.4 Å². The summed E-state index contributed by atoms with van der Waals surface area (Å²) in [5.41, 5.74) is 0.173. The van der Waals surface area contributed by atoms with Crippen molar-refractivity contribution in [3.8, 4) is 0 Å². The van der Waals surface area contributed by atoms with E-state index in [2.05, 4.69) is 0 Å². The standard InChI is InChI=1S/C13H16FNO4S/c14-11-3-1-10(2-4-11)13(17)9-20(18,19)15-7-5-12(16)6-8-15/h1-4,12,16H,5-9H2. The Morgan fingerprint density at radius 2 is 1.80 bits per heavy atom. The molecule has 0 spiro atoms. The summed E-state index contributed by atoms with van der Waals surface area (Å²) in [6.45, 7) is 0.445. The number of aliphatic hydroxyl groups is 1. The number of ketones is 1. The van der Waals surface area contributed by atoms with Crippen molar-refractivity contribution in [1.29, 1.82) is 0 Å². The molecule has 0 unspecified atom stereocenters. The number of carbonyl (C=O) groups is 1. The number of rotatable bonds is 4. The minimum Gasteiger partial charge on any atom is -0.393 e. The zero-order chi connectivity index (χ0) is 14.8. The van der Waals surface area contributed by atoms with Crippen LogP contribution in [0.4, 0.5) is 4.39 Å². The van der Waals surface area contributed by atoms with Crippen molar-refractivity contribution in [2.45, 2.75) is 18.9 Å². The molecule has 1 aliphatic heterocycles. The molecule has 0 radical (unpaired) electrons. The topological polar surface area (TPSA) is 74.7 Å². The zero-order valence-electron chi connectivity index (χ0n) is 10.8. The van der Waals surface area contributed by atoms with Gasteiger partial charge in [-0.05, 0) is 37.1 Å². The molecular formula is C13H16FNO4S. The second-order valence-corrected chi connectivity index (χ2v) is 6.79. The van der Waals surface area contributed by atoms with E-state index in [0.717, 1.165) is 12.1 Å². The molecule has 0 aromatic heterocycles. The van der Waals surface area contributed by atoms with Crippen molar-refractivity contribution in [3.05, 3.63) is 35.6 Å². The van der Waals surface area contributed by atoms with Gasteiger partial charge in [-0.3, -0.25) is 4.79 Å². The number of carbonyl (C=O) groups excluding carboxylic acids is 1. The van der Waals surface area contributed by atoms with Crippen molar-refractivity contribution >= 4 is 15.8 Å². The molecule has 110 valence electrons. The van der Waals surface area contributed by atoms with Gasteiger partial charge in [0.25, 0.3) is 0 Å². The van der Waals surface area contributed by atoms with Gasteiger partial charge >= 0.3 is 0 Å². The molecule has 0 atom stereocenters. The summed E-state index contributed by atoms with van der Waals surface area (Å²) in [7, 11) is -3.69. The number of piperidine rings is 1. The molecule has 1 heterocycles. The first-order valence-corrected chi connectivity index (χ1v) is 7.94. The van der Waals surface area contributed by atoms with E-state index < -0.39 is 33.5 Å². The van der Waals surface area contributed by atoms with Crippen LogP contribution in [0.5, 0.6) is 0 Å². The lowest BCUT2D eigenvalue weighted by molar-refractivity contribution is 0.101. The molecule has 1 saturated heterocycles. The summed E-state index contributed by atoms with van der Waals surface area (Å²) >= 11 is 0. The third-order valence-electron chi connectivity index (χ3n) is 3.30. The molecule has 20 heavy (non-hydrogen) atoms. The predicted octanol–water partition coefficient (Wildman–Crippen LogP) is 0.795. The predicted molar refractivity (Wildman–Crippen MR) is 71.3 cm³/mol. The summed E-state index contributed by atoms with van der Waals surface area (Å²) in [6, 6.07) is 4.79. The molecular weight excluding hydrogens is 285 g/mol. The first kappa shape index (κ1) is 15.1. The lowest BCUT2D eigenvalue weighted by atomic mass is 10.1. The van der Waals surface area contributed by atoms with E-state index >= 15 is 0 Å². The third kappa shape index (κ3) is 3.62. The SMILES string of the molecule is O=C(CS(=O)(=O)N1CCC(O)CC1)c1ccc(F)cc1. The van der Waals surface area contributed by atoms with E-state index in [1.54, 1.807) is 0 Å². The van der Waals surface area contributed by atoms with Crippen LogP contribution < -0.4 is 0 Å². The van der Waals surface area contributed by atoms with Crippen molar-refractivity contribution in [3.63, 3.8) is 0 Å². The van der Waals surface area contributed by atoms with Gasteiger partial charge in [0.05, 0.1) is 6.10 Å². The van der Waals surface area contributed by atoms with Crippen molar-refractivity contribution in [2.24, 2.45) is 0 Å². The van der Waals surface area contributed by atoms with Gasteiger partial charge in [0, 0.05) is 18.7 Å². The monoisotopic (exact) mass is 301 g/mol. The molecule has 0 amide bonds. The normalized spacial score (nSPS) is 18.1. The number of aliphatic hydroxyl groups excluding tert-OH is 1. The Morgan fingerprint density at radius 1 is 1.25 bits per heavy atom. The molecule has 5 nitrogen and oxygen atoms in total. The number of sulfonamides is 1. The van der Waals surface area contributed by atoms with Gasteiger partial charge in [-0.2, -0.15) is 0 Å². The van der Waals surface area contributed by atoms with Crippen LogP contribution in [0.2, 0.25) is 0 Å². The Kier molecular flexibility index (Phi) is 4.52. The molecule has 0 saturated carbocycles. The van der Waals surface area contributed by atoms with Crippen molar-refractivity contribution < 1.29 is 22.7 Å². The van der Waals surface area contributed by atoms with Crippen LogP contribution in [-0.4, -0.2) is 48.6 Å². The Morgan fingerprint density at radius 3 is 2.35 bits per heavy atom. The van der Waals surface area contributed by atoms with Crippen LogP contribution in [0.3, 0.4) is 0 Å². The van der Waals surface area contributed by atoms with Crippen LogP contribution in [-0.2, 0) is 10.0 Å². The number of hydrogen-bond acceptors (Lipinski definition) is 4. The molecule has 1 aliphatic rings. The quantitative estimate of drug-likeness (QED) is 0.835. The Bertz CT molecular complexity index is 577. The van der Waals surface area contributed by atoms with Gasteiger partial charge in [-0.25, -0.2) is 17.1 Å². The van der Waals surface area contributed by atoms with Crippen molar-refractivity contribution in [1.82, 2.24) is 4.31 Å². The second-order valence-electron chi connectivity index (χ2n) is 4.82. The maximum Gasteiger partial charge on any atom is 0.221 e. The number of hydrogen-bond donors (Lipinski definition) is 1. The van der Waals surface area contributed by atoms with Crippen LogP contribution in [0, 0.1) is 5.82 Å². The highest BCUT2D eigenvalue weighted by molar-refractivity contribution is 7.89. The molecule has 1 aromatic rings. The molecule has 1 fully saturated rings. The van der Waals surface area contributed by atoms with Gasteiger partial charge in [-0.1, -0.05) is 0 Å². The van der Waals surface area contributed by atoms with Crippen LogP contribution in [0.25, 0.3) is 0 Å². The first-order chi connectivity index (χ1) is 9.38. The van der Waals surface area contributed by atoms with Crippen LogP contribution >= 0.6 is 0 Å². The minimum atomic E-state index is -3.69. The maximum absolute atomic E-state index is 12.8. The average Bonchev–Trinajstić information content (AvgIpc) is 2.39. The average molecular weight is 301 g/mol. The van der Waals surface area contributed by atoms with E-state index in [-0.39, 0.29) is 18.7 Å². The van der Waals surface area contributed by atoms with Gasteiger partial charge in [0.2, 0.25) is 10.0 Å². The lowest BCUT2D eigenvalue weighted by Crippen LogP contribution is -2.42. The lowest BCUT2D eigenvalue weighted by Gasteiger charge is -2.28. The Hall–Kier alpha value is -1.31. The van der Waals surface area contributed by atoms with E-state index in [4.69, 9.17) is 0 Å². The van der Waals surface area contributed by atoms with E-state index in [0.29, 0.717) is 12.8 Å². The summed E-state index contributed by atoms with van der Waals surface area (Å²) in [6.07, 6.45) is 0.280. The second kappa shape index (κ2) is 5.99. The molecule has 0 bridgehead atoms. The highest BCUT2D eigenvalue weighted by atomic mass is 32.2. The maximum atomic E-state index is 12.8. The minimum absolute atomic E-state index is 0.173. The van der Waals surface area contributed by atoms with Gasteiger partial charge in [-0.15, -0.1) is 0 Å². The summed E-state index contributed by atoms with van der Waals surface area (Å²) in [4.78, 5) is 11.9.